The number of hydrogen-bond donors (Lipinski definition) is 0. The number of halogens is 1. The molecule has 1 radical (unpaired) electrons. The van der Waals surface area contributed by atoms with Crippen LogP contribution in [0.3, 0.4) is 0 Å². The Kier molecular flexibility index (Phi) is 8.75. The zero-order chi connectivity index (χ0) is 13.1. The topological polar surface area (TPSA) is 9.23 Å². The van der Waals surface area contributed by atoms with Crippen LogP contribution in [0.25, 0.3) is 0 Å². The third kappa shape index (κ3) is 6.90. The van der Waals surface area contributed by atoms with Crippen LogP contribution in [-0.4, -0.2) is 12.5 Å². The lowest BCUT2D eigenvalue weighted by atomic mass is 10.1. The standard InChI is InChI=1S/C16H24ClO/c1-2-3-5-9-15-10-8-11-16(14-15)18-13-7-4-6-12-17/h8,10-11,14H,1-7,9,12-13H2. The second-order valence-corrected chi connectivity index (χ2v) is 4.93. The van der Waals surface area contributed by atoms with Crippen LogP contribution in [0.5, 0.6) is 5.75 Å². The largest absolute Gasteiger partial charge is 0.494 e. The van der Waals surface area contributed by atoms with Gasteiger partial charge in [-0.2, -0.15) is 0 Å². The molecule has 0 saturated heterocycles. The van der Waals surface area contributed by atoms with Gasteiger partial charge in [0.2, 0.25) is 0 Å². The number of aryl methyl sites for hydroxylation is 1. The van der Waals surface area contributed by atoms with Gasteiger partial charge in [0.1, 0.15) is 5.75 Å². The molecule has 0 amide bonds. The maximum Gasteiger partial charge on any atom is 0.119 e. The van der Waals surface area contributed by atoms with E-state index in [-0.39, 0.29) is 0 Å². The van der Waals surface area contributed by atoms with Gasteiger partial charge >= 0.3 is 0 Å². The van der Waals surface area contributed by atoms with Gasteiger partial charge in [-0.25, -0.2) is 0 Å². The van der Waals surface area contributed by atoms with E-state index in [1.165, 1.54) is 18.4 Å². The predicted molar refractivity (Wildman–Crippen MR) is 79.4 cm³/mol. The Hall–Kier alpha value is -0.690. The van der Waals surface area contributed by atoms with E-state index in [4.69, 9.17) is 16.3 Å². The third-order valence-electron chi connectivity index (χ3n) is 2.91. The molecule has 1 nitrogen and oxygen atoms in total. The summed E-state index contributed by atoms with van der Waals surface area (Å²) in [4.78, 5) is 0. The highest BCUT2D eigenvalue weighted by molar-refractivity contribution is 6.17. The van der Waals surface area contributed by atoms with E-state index in [2.05, 4.69) is 25.1 Å². The molecule has 0 aliphatic carbocycles. The lowest BCUT2D eigenvalue weighted by Gasteiger charge is -2.08. The summed E-state index contributed by atoms with van der Waals surface area (Å²) in [6, 6.07) is 8.44. The maximum atomic E-state index is 5.74. The van der Waals surface area contributed by atoms with Crippen molar-refractivity contribution in [3.63, 3.8) is 0 Å². The Morgan fingerprint density at radius 2 is 1.94 bits per heavy atom. The average molecular weight is 268 g/mol. The van der Waals surface area contributed by atoms with E-state index >= 15 is 0 Å². The zero-order valence-corrected chi connectivity index (χ0v) is 11.9. The summed E-state index contributed by atoms with van der Waals surface area (Å²) >= 11 is 5.63. The SMILES string of the molecule is [CH2]CCCCc1cccc(OCCCCCCl)c1. The molecular formula is C16H24ClO. The summed E-state index contributed by atoms with van der Waals surface area (Å²) in [6.45, 7) is 4.66. The van der Waals surface area contributed by atoms with E-state index in [0.29, 0.717) is 0 Å². The first-order chi connectivity index (χ1) is 8.86. The minimum atomic E-state index is 0.752. The van der Waals surface area contributed by atoms with Gasteiger partial charge in [0, 0.05) is 5.88 Å². The number of alkyl halides is 1. The van der Waals surface area contributed by atoms with Gasteiger partial charge < -0.3 is 4.74 Å². The van der Waals surface area contributed by atoms with Crippen LogP contribution in [0.15, 0.2) is 24.3 Å². The fraction of sp³-hybridized carbons (Fsp3) is 0.562. The van der Waals surface area contributed by atoms with Crippen molar-refractivity contribution in [2.24, 2.45) is 0 Å². The smallest absolute Gasteiger partial charge is 0.119 e. The Morgan fingerprint density at radius 3 is 2.72 bits per heavy atom. The molecule has 0 heterocycles. The lowest BCUT2D eigenvalue weighted by molar-refractivity contribution is 0.306. The first-order valence-corrected chi connectivity index (χ1v) is 7.47. The van der Waals surface area contributed by atoms with Gasteiger partial charge in [0.25, 0.3) is 0 Å². The van der Waals surface area contributed by atoms with Crippen molar-refractivity contribution in [1.82, 2.24) is 0 Å². The highest BCUT2D eigenvalue weighted by Gasteiger charge is 1.97. The third-order valence-corrected chi connectivity index (χ3v) is 3.18. The van der Waals surface area contributed by atoms with Crippen molar-refractivity contribution < 1.29 is 4.74 Å². The molecule has 0 spiro atoms. The van der Waals surface area contributed by atoms with E-state index < -0.39 is 0 Å². The van der Waals surface area contributed by atoms with Crippen molar-refractivity contribution in [2.45, 2.75) is 44.9 Å². The molecule has 0 aromatic heterocycles. The molecule has 0 fully saturated rings. The lowest BCUT2D eigenvalue weighted by Crippen LogP contribution is -1.98. The summed E-state index contributed by atoms with van der Waals surface area (Å²) in [7, 11) is 0. The second kappa shape index (κ2) is 10.3. The molecule has 1 rings (SSSR count). The number of hydrogen-bond acceptors (Lipinski definition) is 1. The first kappa shape index (κ1) is 15.4. The highest BCUT2D eigenvalue weighted by atomic mass is 35.5. The Balaban J connectivity index is 2.26. The van der Waals surface area contributed by atoms with Crippen molar-refractivity contribution in [1.29, 1.82) is 0 Å². The molecule has 0 aliphatic heterocycles. The number of rotatable bonds is 10. The summed E-state index contributed by atoms with van der Waals surface area (Å²) < 4.78 is 5.74. The molecule has 1 aromatic rings. The molecule has 0 bridgehead atoms. The van der Waals surface area contributed by atoms with Gasteiger partial charge in [0.05, 0.1) is 6.61 Å². The van der Waals surface area contributed by atoms with Crippen LogP contribution in [0.4, 0.5) is 0 Å². The van der Waals surface area contributed by atoms with Crippen molar-refractivity contribution in [3.8, 4) is 5.75 Å². The van der Waals surface area contributed by atoms with Crippen LogP contribution in [-0.2, 0) is 6.42 Å². The maximum absolute atomic E-state index is 5.74. The van der Waals surface area contributed by atoms with Gasteiger partial charge in [-0.3, -0.25) is 0 Å². The number of benzene rings is 1. The highest BCUT2D eigenvalue weighted by Crippen LogP contribution is 2.16. The quantitative estimate of drug-likeness (QED) is 0.427. The molecule has 101 valence electrons. The van der Waals surface area contributed by atoms with Gasteiger partial charge in [-0.1, -0.05) is 31.9 Å². The fourth-order valence-corrected chi connectivity index (χ4v) is 2.05. The Labute approximate surface area is 116 Å². The Bertz CT molecular complexity index is 312. The van der Waals surface area contributed by atoms with Crippen LogP contribution in [0.2, 0.25) is 0 Å². The summed E-state index contributed by atoms with van der Waals surface area (Å²) in [6.07, 6.45) is 7.86. The molecule has 0 N–H and O–H groups in total. The van der Waals surface area contributed by atoms with Crippen LogP contribution in [0.1, 0.15) is 44.1 Å². The molecule has 0 saturated carbocycles. The van der Waals surface area contributed by atoms with E-state index in [1.807, 2.05) is 6.07 Å². The summed E-state index contributed by atoms with van der Waals surface area (Å²) in [5.41, 5.74) is 1.36. The van der Waals surface area contributed by atoms with Gasteiger partial charge in [-0.15, -0.1) is 11.6 Å². The number of unbranched alkanes of at least 4 members (excludes halogenated alkanes) is 4. The number of ether oxygens (including phenoxy) is 1. The molecule has 18 heavy (non-hydrogen) atoms. The van der Waals surface area contributed by atoms with E-state index in [0.717, 1.165) is 50.3 Å². The fourth-order valence-electron chi connectivity index (χ4n) is 1.86. The second-order valence-electron chi connectivity index (χ2n) is 4.56. The van der Waals surface area contributed by atoms with Crippen LogP contribution < -0.4 is 4.74 Å². The van der Waals surface area contributed by atoms with E-state index in [1.54, 1.807) is 0 Å². The average Bonchev–Trinajstić information content (AvgIpc) is 2.39. The van der Waals surface area contributed by atoms with Crippen molar-refractivity contribution in [3.05, 3.63) is 36.8 Å². The Morgan fingerprint density at radius 1 is 1.06 bits per heavy atom. The van der Waals surface area contributed by atoms with Gasteiger partial charge in [-0.05, 0) is 49.8 Å². The predicted octanol–water partition coefficient (Wildman–Crippen LogP) is 5.02. The minimum Gasteiger partial charge on any atom is -0.494 e. The molecule has 0 aliphatic rings. The zero-order valence-electron chi connectivity index (χ0n) is 11.2. The van der Waals surface area contributed by atoms with Gasteiger partial charge in [0.15, 0.2) is 0 Å². The molecule has 1 aromatic carbocycles. The molecule has 2 heteroatoms. The first-order valence-electron chi connectivity index (χ1n) is 6.93. The van der Waals surface area contributed by atoms with E-state index in [9.17, 15) is 0 Å². The van der Waals surface area contributed by atoms with Crippen molar-refractivity contribution in [2.75, 3.05) is 12.5 Å². The monoisotopic (exact) mass is 267 g/mol. The molecular weight excluding hydrogens is 244 g/mol. The van der Waals surface area contributed by atoms with Crippen molar-refractivity contribution >= 4 is 11.6 Å². The molecule has 0 unspecified atom stereocenters. The normalized spacial score (nSPS) is 10.6. The summed E-state index contributed by atoms with van der Waals surface area (Å²) in [5.74, 6) is 1.75. The molecule has 0 atom stereocenters. The van der Waals surface area contributed by atoms with Crippen LogP contribution in [0, 0.1) is 6.92 Å². The van der Waals surface area contributed by atoms with Crippen LogP contribution >= 0.6 is 11.6 Å². The minimum absolute atomic E-state index is 0.752. The summed E-state index contributed by atoms with van der Waals surface area (Å²) in [5, 5.41) is 0.